The van der Waals surface area contributed by atoms with E-state index in [0.29, 0.717) is 12.1 Å². The van der Waals surface area contributed by atoms with Crippen LogP contribution in [0.5, 0.6) is 0 Å². The van der Waals surface area contributed by atoms with Crippen molar-refractivity contribution in [3.8, 4) is 0 Å². The molecule has 0 bridgehead atoms. The molecule has 1 rings (SSSR count). The maximum absolute atomic E-state index is 5.99. The van der Waals surface area contributed by atoms with Gasteiger partial charge in [-0.1, -0.05) is 39.0 Å². The molecule has 0 aliphatic carbocycles. The van der Waals surface area contributed by atoms with Crippen LogP contribution < -0.4 is 5.73 Å². The van der Waals surface area contributed by atoms with Crippen molar-refractivity contribution < 1.29 is 0 Å². The zero-order valence-corrected chi connectivity index (χ0v) is 12.7. The minimum atomic E-state index is 0.607. The predicted molar refractivity (Wildman–Crippen MR) is 79.9 cm³/mol. The largest absolute Gasteiger partial charge is 0.329 e. The van der Waals surface area contributed by atoms with Gasteiger partial charge in [-0.2, -0.15) is 0 Å². The van der Waals surface area contributed by atoms with Gasteiger partial charge in [0.05, 0.1) is 0 Å². The van der Waals surface area contributed by atoms with Crippen molar-refractivity contribution in [2.75, 3.05) is 33.2 Å². The molecule has 0 amide bonds. The highest BCUT2D eigenvalue weighted by Crippen LogP contribution is 2.16. The van der Waals surface area contributed by atoms with Gasteiger partial charge in [-0.3, -0.25) is 4.90 Å². The van der Waals surface area contributed by atoms with Gasteiger partial charge < -0.3 is 10.6 Å². The minimum absolute atomic E-state index is 0.607. The van der Waals surface area contributed by atoms with E-state index < -0.39 is 0 Å². The van der Waals surface area contributed by atoms with Crippen molar-refractivity contribution in [2.45, 2.75) is 64.5 Å². The number of hydrogen-bond acceptors (Lipinski definition) is 3. The molecule has 18 heavy (non-hydrogen) atoms. The van der Waals surface area contributed by atoms with Crippen LogP contribution in [0.1, 0.15) is 52.4 Å². The van der Waals surface area contributed by atoms with Crippen LogP contribution in [0.3, 0.4) is 0 Å². The first-order valence-electron chi connectivity index (χ1n) is 7.83. The first-order chi connectivity index (χ1) is 8.69. The van der Waals surface area contributed by atoms with E-state index in [0.717, 1.165) is 6.54 Å². The Bertz CT molecular complexity index is 208. The third-order valence-corrected chi connectivity index (χ3v) is 4.26. The zero-order valence-electron chi connectivity index (χ0n) is 12.7. The summed E-state index contributed by atoms with van der Waals surface area (Å²) in [4.78, 5) is 5.07. The fourth-order valence-corrected chi connectivity index (χ4v) is 3.10. The molecule has 0 aromatic heterocycles. The Kier molecular flexibility index (Phi) is 7.87. The molecule has 0 radical (unpaired) electrons. The maximum Gasteiger partial charge on any atom is 0.0222 e. The Morgan fingerprint density at radius 1 is 1.17 bits per heavy atom. The minimum Gasteiger partial charge on any atom is -0.329 e. The third kappa shape index (κ3) is 5.25. The standard InChI is InChI=1S/C15H33N3/c1-4-5-6-7-8-9-15(12-16)18-11-10-17(3)13-14(18)2/h14-15H,4-13,16H2,1-3H3. The quantitative estimate of drug-likeness (QED) is 0.676. The second-order valence-electron chi connectivity index (χ2n) is 5.94. The Morgan fingerprint density at radius 2 is 1.89 bits per heavy atom. The molecule has 0 aromatic rings. The first-order valence-corrected chi connectivity index (χ1v) is 7.83. The summed E-state index contributed by atoms with van der Waals surface area (Å²) in [7, 11) is 2.22. The Morgan fingerprint density at radius 3 is 2.50 bits per heavy atom. The summed E-state index contributed by atoms with van der Waals surface area (Å²) in [6.07, 6.45) is 8.13. The number of piperazine rings is 1. The SMILES string of the molecule is CCCCCCCC(CN)N1CCN(C)CC1C. The fraction of sp³-hybridized carbons (Fsp3) is 1.00. The summed E-state index contributed by atoms with van der Waals surface area (Å²) in [5.74, 6) is 0. The second-order valence-corrected chi connectivity index (χ2v) is 5.94. The molecular formula is C15H33N3. The van der Waals surface area contributed by atoms with Crippen LogP contribution in [0.15, 0.2) is 0 Å². The van der Waals surface area contributed by atoms with E-state index in [9.17, 15) is 0 Å². The predicted octanol–water partition coefficient (Wildman–Crippen LogP) is 2.31. The molecule has 1 aliphatic rings. The summed E-state index contributed by atoms with van der Waals surface area (Å²) in [5.41, 5.74) is 5.99. The van der Waals surface area contributed by atoms with Crippen LogP contribution in [0.2, 0.25) is 0 Å². The fourth-order valence-electron chi connectivity index (χ4n) is 3.10. The number of hydrogen-bond donors (Lipinski definition) is 1. The summed E-state index contributed by atoms with van der Waals surface area (Å²) in [5, 5.41) is 0. The van der Waals surface area contributed by atoms with Gasteiger partial charge in [0.25, 0.3) is 0 Å². The molecular weight excluding hydrogens is 222 g/mol. The maximum atomic E-state index is 5.99. The highest BCUT2D eigenvalue weighted by Gasteiger charge is 2.26. The average Bonchev–Trinajstić information content (AvgIpc) is 2.35. The molecule has 3 heteroatoms. The van der Waals surface area contributed by atoms with Gasteiger partial charge in [-0.15, -0.1) is 0 Å². The molecule has 108 valence electrons. The monoisotopic (exact) mass is 255 g/mol. The van der Waals surface area contributed by atoms with Gasteiger partial charge in [0.1, 0.15) is 0 Å². The molecule has 1 fully saturated rings. The lowest BCUT2D eigenvalue weighted by atomic mass is 10.0. The molecule has 2 N–H and O–H groups in total. The van der Waals surface area contributed by atoms with Gasteiger partial charge in [0.15, 0.2) is 0 Å². The molecule has 0 saturated carbocycles. The van der Waals surface area contributed by atoms with Gasteiger partial charge >= 0.3 is 0 Å². The van der Waals surface area contributed by atoms with Crippen molar-refractivity contribution in [3.05, 3.63) is 0 Å². The molecule has 0 spiro atoms. The lowest BCUT2D eigenvalue weighted by Crippen LogP contribution is -2.56. The van der Waals surface area contributed by atoms with Crippen LogP contribution in [0.4, 0.5) is 0 Å². The number of nitrogens with zero attached hydrogens (tertiary/aromatic N) is 2. The van der Waals surface area contributed by atoms with Gasteiger partial charge in [0, 0.05) is 38.3 Å². The topological polar surface area (TPSA) is 32.5 Å². The van der Waals surface area contributed by atoms with Crippen LogP contribution in [-0.2, 0) is 0 Å². The second kappa shape index (κ2) is 8.89. The van der Waals surface area contributed by atoms with E-state index in [1.807, 2.05) is 0 Å². The number of likely N-dealkylation sites (N-methyl/N-ethyl adjacent to an activating group) is 1. The first kappa shape index (κ1) is 15.9. The number of nitrogens with two attached hydrogens (primary N) is 1. The molecule has 2 unspecified atom stereocenters. The average molecular weight is 255 g/mol. The highest BCUT2D eigenvalue weighted by molar-refractivity contribution is 4.83. The Balaban J connectivity index is 2.27. The third-order valence-electron chi connectivity index (χ3n) is 4.26. The van der Waals surface area contributed by atoms with Crippen LogP contribution >= 0.6 is 0 Å². The number of unbranched alkanes of at least 4 members (excludes halogenated alkanes) is 4. The summed E-state index contributed by atoms with van der Waals surface area (Å²) in [6.45, 7) is 9.00. The molecule has 3 nitrogen and oxygen atoms in total. The Labute approximate surface area is 114 Å². The van der Waals surface area contributed by atoms with Crippen LogP contribution in [0, 0.1) is 0 Å². The van der Waals surface area contributed by atoms with Gasteiger partial charge in [-0.05, 0) is 20.4 Å². The zero-order chi connectivity index (χ0) is 13.4. The summed E-state index contributed by atoms with van der Waals surface area (Å²) < 4.78 is 0. The lowest BCUT2D eigenvalue weighted by molar-refractivity contribution is 0.0595. The van der Waals surface area contributed by atoms with E-state index in [1.54, 1.807) is 0 Å². The summed E-state index contributed by atoms with van der Waals surface area (Å²) in [6, 6.07) is 1.27. The van der Waals surface area contributed by atoms with Gasteiger partial charge in [0.2, 0.25) is 0 Å². The molecule has 0 aromatic carbocycles. The van der Waals surface area contributed by atoms with Crippen molar-refractivity contribution in [2.24, 2.45) is 5.73 Å². The molecule has 1 heterocycles. The molecule has 1 aliphatic heterocycles. The van der Waals surface area contributed by atoms with Crippen molar-refractivity contribution >= 4 is 0 Å². The van der Waals surface area contributed by atoms with E-state index in [4.69, 9.17) is 5.73 Å². The van der Waals surface area contributed by atoms with Crippen molar-refractivity contribution in [1.29, 1.82) is 0 Å². The normalized spacial score (nSPS) is 24.3. The van der Waals surface area contributed by atoms with Gasteiger partial charge in [-0.25, -0.2) is 0 Å². The highest BCUT2D eigenvalue weighted by atomic mass is 15.3. The lowest BCUT2D eigenvalue weighted by Gasteiger charge is -2.42. The molecule has 1 saturated heterocycles. The van der Waals surface area contributed by atoms with E-state index >= 15 is 0 Å². The van der Waals surface area contributed by atoms with Crippen molar-refractivity contribution in [1.82, 2.24) is 9.80 Å². The van der Waals surface area contributed by atoms with E-state index in [2.05, 4.69) is 30.7 Å². The van der Waals surface area contributed by atoms with E-state index in [1.165, 1.54) is 58.2 Å². The Hall–Kier alpha value is -0.120. The smallest absolute Gasteiger partial charge is 0.0222 e. The summed E-state index contributed by atoms with van der Waals surface area (Å²) >= 11 is 0. The molecule has 2 atom stereocenters. The van der Waals surface area contributed by atoms with Crippen LogP contribution in [0.25, 0.3) is 0 Å². The van der Waals surface area contributed by atoms with E-state index in [-0.39, 0.29) is 0 Å². The number of rotatable bonds is 8. The van der Waals surface area contributed by atoms with Crippen LogP contribution in [-0.4, -0.2) is 55.1 Å². The van der Waals surface area contributed by atoms with Crippen molar-refractivity contribution in [3.63, 3.8) is 0 Å².